The molecular weight excluding hydrogens is 461 g/mol. The molecule has 2 aromatic heterocycles. The largest absolute Gasteiger partial charge is 0.467 e. The second kappa shape index (κ2) is 9.09. The van der Waals surface area contributed by atoms with E-state index >= 15 is 0 Å². The number of sulfonamides is 1. The summed E-state index contributed by atoms with van der Waals surface area (Å²) in [7, 11) is -3.46. The van der Waals surface area contributed by atoms with Crippen molar-refractivity contribution in [3.8, 4) is 11.3 Å². The van der Waals surface area contributed by atoms with Crippen molar-refractivity contribution in [1.82, 2.24) is 8.87 Å². The van der Waals surface area contributed by atoms with Gasteiger partial charge in [0.05, 0.1) is 29.1 Å². The van der Waals surface area contributed by atoms with E-state index in [-0.39, 0.29) is 5.82 Å². The second-order valence-corrected chi connectivity index (χ2v) is 10.6. The maximum Gasteiger partial charge on any atom is 0.243 e. The molecule has 0 amide bonds. The molecule has 5 rings (SSSR count). The topological polar surface area (TPSA) is 67.8 Å². The van der Waals surface area contributed by atoms with Crippen LogP contribution in [0, 0.1) is 5.82 Å². The summed E-state index contributed by atoms with van der Waals surface area (Å²) in [5.41, 5.74) is 2.41. The van der Waals surface area contributed by atoms with Crippen LogP contribution in [0.1, 0.15) is 18.6 Å². The third-order valence-corrected chi connectivity index (χ3v) is 8.37. The molecule has 4 aromatic rings. The number of rotatable bonds is 6. The molecule has 0 unspecified atom stereocenters. The van der Waals surface area contributed by atoms with Gasteiger partial charge in [0.2, 0.25) is 10.0 Å². The average molecular weight is 484 g/mol. The van der Waals surface area contributed by atoms with Crippen molar-refractivity contribution in [2.75, 3.05) is 13.1 Å². The summed E-state index contributed by atoms with van der Waals surface area (Å²) >= 11 is 1.46. The van der Waals surface area contributed by atoms with E-state index in [4.69, 9.17) is 4.42 Å². The van der Waals surface area contributed by atoms with Crippen LogP contribution in [-0.4, -0.2) is 30.4 Å². The summed E-state index contributed by atoms with van der Waals surface area (Å²) < 4.78 is 48.1. The van der Waals surface area contributed by atoms with Crippen molar-refractivity contribution in [2.24, 2.45) is 4.99 Å². The Balaban J connectivity index is 1.53. The molecule has 170 valence electrons. The quantitative estimate of drug-likeness (QED) is 0.387. The standard InChI is InChI=1S/C24H22FN3O3S2/c25-19-7-9-20(10-8-19)26-24-28(16-21-4-3-15-31-21)23(17-32-24)18-5-11-22(12-6-18)33(29,30)27-13-1-2-14-27/h3-12,15,17H,1-2,13-14,16H2. The van der Waals surface area contributed by atoms with E-state index in [0.717, 1.165) is 34.7 Å². The maximum atomic E-state index is 13.3. The zero-order valence-corrected chi connectivity index (χ0v) is 19.4. The number of nitrogens with zero attached hydrogens (tertiary/aromatic N) is 3. The van der Waals surface area contributed by atoms with Gasteiger partial charge in [-0.15, -0.1) is 11.3 Å². The first-order valence-electron chi connectivity index (χ1n) is 10.6. The van der Waals surface area contributed by atoms with Gasteiger partial charge in [-0.05, 0) is 66.9 Å². The number of aromatic nitrogens is 1. The van der Waals surface area contributed by atoms with Gasteiger partial charge in [0.1, 0.15) is 11.6 Å². The lowest BCUT2D eigenvalue weighted by Crippen LogP contribution is -2.27. The normalized spacial score (nSPS) is 15.4. The van der Waals surface area contributed by atoms with Crippen LogP contribution in [0.5, 0.6) is 0 Å². The van der Waals surface area contributed by atoms with Crippen molar-refractivity contribution in [3.63, 3.8) is 0 Å². The van der Waals surface area contributed by atoms with Crippen molar-refractivity contribution < 1.29 is 17.2 Å². The van der Waals surface area contributed by atoms with Crippen molar-refractivity contribution in [3.05, 3.63) is 88.7 Å². The van der Waals surface area contributed by atoms with Crippen LogP contribution in [-0.2, 0) is 16.6 Å². The Morgan fingerprint density at radius 1 is 1.00 bits per heavy atom. The predicted octanol–water partition coefficient (Wildman–Crippen LogP) is 5.01. The van der Waals surface area contributed by atoms with Gasteiger partial charge in [-0.2, -0.15) is 4.31 Å². The van der Waals surface area contributed by atoms with E-state index in [1.54, 1.807) is 34.8 Å². The minimum atomic E-state index is -3.46. The van der Waals surface area contributed by atoms with E-state index in [1.165, 1.54) is 23.5 Å². The third kappa shape index (κ3) is 4.57. The molecule has 6 nitrogen and oxygen atoms in total. The molecule has 1 aliphatic heterocycles. The van der Waals surface area contributed by atoms with Crippen LogP contribution >= 0.6 is 11.3 Å². The molecule has 0 aliphatic carbocycles. The summed E-state index contributed by atoms with van der Waals surface area (Å²) in [5, 5.41) is 1.98. The monoisotopic (exact) mass is 483 g/mol. The van der Waals surface area contributed by atoms with Gasteiger partial charge in [0.25, 0.3) is 0 Å². The first-order valence-corrected chi connectivity index (χ1v) is 12.9. The highest BCUT2D eigenvalue weighted by molar-refractivity contribution is 7.89. The number of halogens is 1. The predicted molar refractivity (Wildman–Crippen MR) is 125 cm³/mol. The van der Waals surface area contributed by atoms with Gasteiger partial charge in [0, 0.05) is 18.5 Å². The summed E-state index contributed by atoms with van der Waals surface area (Å²) in [4.78, 5) is 5.72. The average Bonchev–Trinajstić information content (AvgIpc) is 3.59. The highest BCUT2D eigenvalue weighted by Crippen LogP contribution is 2.26. The van der Waals surface area contributed by atoms with Crippen LogP contribution in [0.2, 0.25) is 0 Å². The Bertz CT molecular complexity index is 1400. The molecule has 1 fully saturated rings. The Morgan fingerprint density at radius 3 is 2.39 bits per heavy atom. The van der Waals surface area contributed by atoms with E-state index in [9.17, 15) is 12.8 Å². The molecule has 1 aliphatic rings. The van der Waals surface area contributed by atoms with Crippen LogP contribution in [0.4, 0.5) is 10.1 Å². The molecule has 9 heteroatoms. The first kappa shape index (κ1) is 21.8. The molecule has 0 bridgehead atoms. The lowest BCUT2D eigenvalue weighted by molar-refractivity contribution is 0.477. The van der Waals surface area contributed by atoms with Gasteiger partial charge < -0.3 is 8.98 Å². The molecule has 0 radical (unpaired) electrons. The SMILES string of the molecule is O=S(=O)(c1ccc(-c2csc(=Nc3ccc(F)cc3)n2Cc2ccco2)cc1)N1CCCC1. The van der Waals surface area contributed by atoms with Gasteiger partial charge in [-0.1, -0.05) is 12.1 Å². The Morgan fingerprint density at radius 2 is 1.73 bits per heavy atom. The first-order chi connectivity index (χ1) is 16.0. The zero-order valence-electron chi connectivity index (χ0n) is 17.7. The molecule has 0 spiro atoms. The summed E-state index contributed by atoms with van der Waals surface area (Å²) in [5.74, 6) is 0.455. The van der Waals surface area contributed by atoms with E-state index in [1.807, 2.05) is 34.2 Å². The minimum Gasteiger partial charge on any atom is -0.467 e. The number of benzene rings is 2. The maximum absolute atomic E-state index is 13.3. The lowest BCUT2D eigenvalue weighted by Gasteiger charge is -2.15. The fraction of sp³-hybridized carbons (Fsp3) is 0.208. The lowest BCUT2D eigenvalue weighted by atomic mass is 10.2. The smallest absolute Gasteiger partial charge is 0.243 e. The Labute approximate surface area is 195 Å². The fourth-order valence-electron chi connectivity index (χ4n) is 3.86. The van der Waals surface area contributed by atoms with Gasteiger partial charge in [-0.3, -0.25) is 0 Å². The van der Waals surface area contributed by atoms with Crippen molar-refractivity contribution in [2.45, 2.75) is 24.3 Å². The van der Waals surface area contributed by atoms with Crippen molar-refractivity contribution >= 4 is 27.0 Å². The molecule has 0 atom stereocenters. The molecule has 0 saturated carbocycles. The fourth-order valence-corrected chi connectivity index (χ4v) is 6.31. The second-order valence-electron chi connectivity index (χ2n) is 7.79. The summed E-state index contributed by atoms with van der Waals surface area (Å²) in [6.07, 6.45) is 3.43. The Hall–Kier alpha value is -3.01. The van der Waals surface area contributed by atoms with Crippen molar-refractivity contribution in [1.29, 1.82) is 0 Å². The summed E-state index contributed by atoms with van der Waals surface area (Å²) in [6.45, 7) is 1.61. The minimum absolute atomic E-state index is 0.303. The van der Waals surface area contributed by atoms with E-state index in [0.29, 0.717) is 30.2 Å². The molecular formula is C24H22FN3O3S2. The van der Waals surface area contributed by atoms with E-state index < -0.39 is 10.0 Å². The van der Waals surface area contributed by atoms with Crippen LogP contribution in [0.25, 0.3) is 11.3 Å². The Kier molecular flexibility index (Phi) is 6.01. The molecule has 1 saturated heterocycles. The molecule has 0 N–H and O–H groups in total. The molecule has 3 heterocycles. The highest BCUT2D eigenvalue weighted by Gasteiger charge is 2.27. The number of hydrogen-bond acceptors (Lipinski definition) is 5. The molecule has 2 aromatic carbocycles. The van der Waals surface area contributed by atoms with Crippen LogP contribution in [0.3, 0.4) is 0 Å². The number of furan rings is 1. The van der Waals surface area contributed by atoms with Crippen LogP contribution in [0.15, 0.2) is 86.6 Å². The summed E-state index contributed by atoms with van der Waals surface area (Å²) in [6, 6.07) is 16.7. The number of thiazole rings is 1. The zero-order chi connectivity index (χ0) is 22.8. The van der Waals surface area contributed by atoms with Gasteiger partial charge in [0.15, 0.2) is 4.80 Å². The number of hydrogen-bond donors (Lipinski definition) is 0. The van der Waals surface area contributed by atoms with Gasteiger partial charge in [-0.25, -0.2) is 17.8 Å². The van der Waals surface area contributed by atoms with Crippen LogP contribution < -0.4 is 4.80 Å². The third-order valence-electron chi connectivity index (χ3n) is 5.60. The molecule has 33 heavy (non-hydrogen) atoms. The highest BCUT2D eigenvalue weighted by atomic mass is 32.2. The van der Waals surface area contributed by atoms with E-state index in [2.05, 4.69) is 4.99 Å². The van der Waals surface area contributed by atoms with Gasteiger partial charge >= 0.3 is 0 Å².